The molecule has 0 radical (unpaired) electrons. The number of halogens is 1. The highest BCUT2D eigenvalue weighted by Crippen LogP contribution is 2.19. The fraction of sp³-hybridized carbons (Fsp3) is 0.300. The average Bonchev–Trinajstić information content (AvgIpc) is 2.29. The summed E-state index contributed by atoms with van der Waals surface area (Å²) in [5.41, 5.74) is 6.24. The summed E-state index contributed by atoms with van der Waals surface area (Å²) in [5, 5.41) is 20.4. The lowest BCUT2D eigenvalue weighted by Crippen LogP contribution is -2.33. The van der Waals surface area contributed by atoms with E-state index in [0.717, 1.165) is 0 Å². The number of carbonyl (C=O) groups excluding carboxylic acids is 1. The van der Waals surface area contributed by atoms with Gasteiger partial charge < -0.3 is 21.3 Å². The van der Waals surface area contributed by atoms with Crippen LogP contribution in [-0.4, -0.2) is 35.4 Å². The lowest BCUT2D eigenvalue weighted by molar-refractivity contribution is 0.0802. The molecular weight excluding hydrogens is 232 g/mol. The van der Waals surface area contributed by atoms with Gasteiger partial charge in [0.15, 0.2) is 0 Å². The van der Waals surface area contributed by atoms with Crippen LogP contribution >= 0.6 is 11.6 Å². The Hall–Kier alpha value is -1.30. The van der Waals surface area contributed by atoms with Crippen molar-refractivity contribution < 1.29 is 15.0 Å². The van der Waals surface area contributed by atoms with Crippen LogP contribution in [0, 0.1) is 0 Å². The Balaban J connectivity index is 2.63. The van der Waals surface area contributed by atoms with Crippen molar-refractivity contribution >= 4 is 23.2 Å². The molecule has 1 unspecified atom stereocenters. The van der Waals surface area contributed by atoms with Crippen molar-refractivity contribution in [1.82, 2.24) is 5.32 Å². The number of anilines is 1. The smallest absolute Gasteiger partial charge is 0.251 e. The van der Waals surface area contributed by atoms with Crippen LogP contribution in [0.2, 0.25) is 5.02 Å². The molecule has 5 nitrogen and oxygen atoms in total. The van der Waals surface area contributed by atoms with Gasteiger partial charge in [-0.1, -0.05) is 11.6 Å². The van der Waals surface area contributed by atoms with E-state index in [1.807, 2.05) is 0 Å². The van der Waals surface area contributed by atoms with Gasteiger partial charge in [0.1, 0.15) is 0 Å². The number of rotatable bonds is 4. The second-order valence-electron chi connectivity index (χ2n) is 3.28. The van der Waals surface area contributed by atoms with Gasteiger partial charge in [0.2, 0.25) is 0 Å². The third-order valence-corrected chi connectivity index (χ3v) is 2.30. The zero-order valence-electron chi connectivity index (χ0n) is 8.48. The quantitative estimate of drug-likeness (QED) is 0.561. The maximum atomic E-state index is 11.5. The first kappa shape index (κ1) is 12.8. The molecule has 0 aliphatic rings. The summed E-state index contributed by atoms with van der Waals surface area (Å²) in [6.07, 6.45) is -0.965. The van der Waals surface area contributed by atoms with Gasteiger partial charge in [0.05, 0.1) is 23.4 Å². The van der Waals surface area contributed by atoms with E-state index in [1.165, 1.54) is 18.2 Å². The van der Waals surface area contributed by atoms with Crippen LogP contribution in [-0.2, 0) is 0 Å². The lowest BCUT2D eigenvalue weighted by atomic mass is 10.2. The Morgan fingerprint density at radius 1 is 1.56 bits per heavy atom. The lowest BCUT2D eigenvalue weighted by Gasteiger charge is -2.09. The van der Waals surface area contributed by atoms with Crippen molar-refractivity contribution in [2.24, 2.45) is 0 Å². The van der Waals surface area contributed by atoms with E-state index in [2.05, 4.69) is 5.32 Å². The van der Waals surface area contributed by atoms with Gasteiger partial charge >= 0.3 is 0 Å². The molecule has 1 amide bonds. The zero-order chi connectivity index (χ0) is 12.1. The van der Waals surface area contributed by atoms with Crippen LogP contribution in [0.3, 0.4) is 0 Å². The fourth-order valence-corrected chi connectivity index (χ4v) is 1.23. The summed E-state index contributed by atoms with van der Waals surface area (Å²) in [6, 6.07) is 4.50. The third kappa shape index (κ3) is 3.37. The minimum Gasteiger partial charge on any atom is -0.398 e. The molecule has 0 aliphatic carbocycles. The Labute approximate surface area is 97.8 Å². The van der Waals surface area contributed by atoms with Crippen LogP contribution in [0.15, 0.2) is 18.2 Å². The number of nitrogens with one attached hydrogen (secondary N) is 1. The van der Waals surface area contributed by atoms with E-state index in [0.29, 0.717) is 16.3 Å². The summed E-state index contributed by atoms with van der Waals surface area (Å²) in [7, 11) is 0. The second kappa shape index (κ2) is 5.69. The van der Waals surface area contributed by atoms with Crippen LogP contribution in [0.1, 0.15) is 10.4 Å². The van der Waals surface area contributed by atoms with E-state index >= 15 is 0 Å². The van der Waals surface area contributed by atoms with Gasteiger partial charge in [-0.3, -0.25) is 4.79 Å². The van der Waals surface area contributed by atoms with E-state index in [4.69, 9.17) is 27.5 Å². The first-order chi connectivity index (χ1) is 7.54. The summed E-state index contributed by atoms with van der Waals surface area (Å²) in [6.45, 7) is -0.417. The molecule has 0 fully saturated rings. The topological polar surface area (TPSA) is 95.6 Å². The maximum Gasteiger partial charge on any atom is 0.251 e. The van der Waals surface area contributed by atoms with Crippen molar-refractivity contribution in [3.8, 4) is 0 Å². The van der Waals surface area contributed by atoms with Crippen LogP contribution in [0.4, 0.5) is 5.69 Å². The van der Waals surface area contributed by atoms with Crippen molar-refractivity contribution in [3.63, 3.8) is 0 Å². The van der Waals surface area contributed by atoms with E-state index < -0.39 is 12.7 Å². The SMILES string of the molecule is Nc1ccc(C(=O)NCC(O)CO)cc1Cl. The molecule has 88 valence electrons. The summed E-state index contributed by atoms with van der Waals surface area (Å²) in [5.74, 6) is -0.380. The standard InChI is InChI=1S/C10H13ClN2O3/c11-8-3-6(1-2-9(8)12)10(16)13-4-7(15)5-14/h1-3,7,14-15H,4-5,12H2,(H,13,16). The van der Waals surface area contributed by atoms with Crippen LogP contribution in [0.25, 0.3) is 0 Å². The molecule has 0 aliphatic heterocycles. The Morgan fingerprint density at radius 3 is 2.81 bits per heavy atom. The van der Waals surface area contributed by atoms with Gasteiger partial charge in [-0.15, -0.1) is 0 Å². The molecule has 0 aromatic heterocycles. The molecule has 0 heterocycles. The number of nitrogens with two attached hydrogens (primary N) is 1. The van der Waals surface area contributed by atoms with Gasteiger partial charge in [0.25, 0.3) is 5.91 Å². The van der Waals surface area contributed by atoms with Crippen LogP contribution < -0.4 is 11.1 Å². The number of hydrogen-bond acceptors (Lipinski definition) is 4. The third-order valence-electron chi connectivity index (χ3n) is 1.97. The molecule has 5 N–H and O–H groups in total. The van der Waals surface area contributed by atoms with Gasteiger partial charge in [-0.05, 0) is 18.2 Å². The van der Waals surface area contributed by atoms with Crippen LogP contribution in [0.5, 0.6) is 0 Å². The van der Waals surface area contributed by atoms with Gasteiger partial charge in [0, 0.05) is 12.1 Å². The Morgan fingerprint density at radius 2 is 2.25 bits per heavy atom. The second-order valence-corrected chi connectivity index (χ2v) is 3.69. The largest absolute Gasteiger partial charge is 0.398 e. The molecule has 0 saturated heterocycles. The van der Waals surface area contributed by atoms with E-state index in [1.54, 1.807) is 0 Å². The molecule has 6 heteroatoms. The van der Waals surface area contributed by atoms with Crippen molar-refractivity contribution in [3.05, 3.63) is 28.8 Å². The molecule has 0 saturated carbocycles. The van der Waals surface area contributed by atoms with Crippen molar-refractivity contribution in [2.75, 3.05) is 18.9 Å². The first-order valence-corrected chi connectivity index (χ1v) is 5.04. The van der Waals surface area contributed by atoms with Gasteiger partial charge in [-0.2, -0.15) is 0 Å². The maximum absolute atomic E-state index is 11.5. The molecule has 0 bridgehead atoms. The predicted octanol–water partition coefficient (Wildman–Crippen LogP) is 0.00520. The molecule has 16 heavy (non-hydrogen) atoms. The average molecular weight is 245 g/mol. The molecule has 1 rings (SSSR count). The van der Waals surface area contributed by atoms with Crippen molar-refractivity contribution in [2.45, 2.75) is 6.10 Å². The highest BCUT2D eigenvalue weighted by molar-refractivity contribution is 6.33. The number of aliphatic hydroxyl groups excluding tert-OH is 2. The van der Waals surface area contributed by atoms with E-state index in [-0.39, 0.29) is 12.5 Å². The predicted molar refractivity (Wildman–Crippen MR) is 61.3 cm³/mol. The highest BCUT2D eigenvalue weighted by Gasteiger charge is 2.09. The number of aliphatic hydroxyl groups is 2. The molecular formula is C10H13ClN2O3. The summed E-state index contributed by atoms with van der Waals surface area (Å²) in [4.78, 5) is 11.5. The monoisotopic (exact) mass is 244 g/mol. The highest BCUT2D eigenvalue weighted by atomic mass is 35.5. The Kier molecular flexibility index (Phi) is 4.54. The zero-order valence-corrected chi connectivity index (χ0v) is 9.24. The fourth-order valence-electron chi connectivity index (χ4n) is 1.05. The van der Waals surface area contributed by atoms with Gasteiger partial charge in [-0.25, -0.2) is 0 Å². The van der Waals surface area contributed by atoms with Crippen molar-refractivity contribution in [1.29, 1.82) is 0 Å². The number of amides is 1. The summed E-state index contributed by atoms with van der Waals surface area (Å²) < 4.78 is 0. The number of nitrogen functional groups attached to an aromatic ring is 1. The minimum atomic E-state index is -0.965. The summed E-state index contributed by atoms with van der Waals surface area (Å²) >= 11 is 5.75. The first-order valence-electron chi connectivity index (χ1n) is 4.66. The molecule has 0 spiro atoms. The molecule has 1 aromatic rings. The molecule has 1 atom stereocenters. The minimum absolute atomic E-state index is 0.0165. The number of benzene rings is 1. The normalized spacial score (nSPS) is 12.2. The Bertz CT molecular complexity index is 384. The number of hydrogen-bond donors (Lipinski definition) is 4. The van der Waals surface area contributed by atoms with E-state index in [9.17, 15) is 4.79 Å². The number of carbonyl (C=O) groups is 1. The molecule has 1 aromatic carbocycles.